The van der Waals surface area contributed by atoms with Gasteiger partial charge in [0.2, 0.25) is 5.91 Å². The van der Waals surface area contributed by atoms with Crippen LogP contribution in [0.3, 0.4) is 0 Å². The molecule has 7 heteroatoms. The van der Waals surface area contributed by atoms with E-state index in [1.807, 2.05) is 13.8 Å². The Hall–Kier alpha value is -1.47. The molecule has 3 N–H and O–H groups in total. The number of nitrogens with one attached hydrogen (secondary N) is 1. The number of benzene rings is 1. The number of amides is 1. The molecule has 0 heterocycles. The van der Waals surface area contributed by atoms with Crippen LogP contribution in [0.4, 0.5) is 11.4 Å². The van der Waals surface area contributed by atoms with Gasteiger partial charge in [-0.05, 0) is 24.5 Å². The van der Waals surface area contributed by atoms with Gasteiger partial charge in [0, 0.05) is 10.5 Å². The van der Waals surface area contributed by atoms with E-state index in [9.17, 15) is 14.9 Å². The second-order valence-corrected chi connectivity index (χ2v) is 5.56. The summed E-state index contributed by atoms with van der Waals surface area (Å²) in [4.78, 5) is 22.2. The molecule has 6 nitrogen and oxygen atoms in total. The number of hydrogen-bond donors (Lipinski definition) is 2. The minimum atomic E-state index is -0.678. The third-order valence-electron chi connectivity index (χ3n) is 2.48. The number of halogens is 1. The van der Waals surface area contributed by atoms with Gasteiger partial charge in [-0.1, -0.05) is 29.8 Å². The molecule has 0 aliphatic rings. The molecule has 1 aromatic rings. The molecule has 1 atom stereocenters. The van der Waals surface area contributed by atoms with Crippen molar-refractivity contribution in [2.24, 2.45) is 11.7 Å². The number of anilines is 1. The zero-order valence-corrected chi connectivity index (χ0v) is 12.3. The van der Waals surface area contributed by atoms with E-state index in [2.05, 4.69) is 21.2 Å². The van der Waals surface area contributed by atoms with Gasteiger partial charge in [-0.25, -0.2) is 0 Å². The van der Waals surface area contributed by atoms with Gasteiger partial charge < -0.3 is 11.1 Å². The SMILES string of the molecule is CC(C)C[C@@H](N)C(=O)Nc1ccc(Br)cc1[N+](=O)[O-]. The number of nitrogens with two attached hydrogens (primary N) is 1. The zero-order chi connectivity index (χ0) is 14.6. The molecular formula is C12H16BrN3O3. The standard InChI is InChI=1S/C12H16BrN3O3/c1-7(2)5-9(14)12(17)15-10-4-3-8(13)6-11(10)16(18)19/h3-4,6-7,9H,5,14H2,1-2H3,(H,15,17)/t9-/m1/s1. The molecule has 0 aromatic heterocycles. The van der Waals surface area contributed by atoms with Crippen molar-refractivity contribution in [1.82, 2.24) is 0 Å². The Morgan fingerprint density at radius 2 is 2.16 bits per heavy atom. The minimum absolute atomic E-state index is 0.150. The van der Waals surface area contributed by atoms with E-state index in [1.54, 1.807) is 6.07 Å². The zero-order valence-electron chi connectivity index (χ0n) is 10.7. The summed E-state index contributed by atoms with van der Waals surface area (Å²) in [5, 5.41) is 13.4. The third-order valence-corrected chi connectivity index (χ3v) is 2.97. The molecule has 0 saturated carbocycles. The van der Waals surface area contributed by atoms with Crippen LogP contribution in [-0.4, -0.2) is 16.9 Å². The van der Waals surface area contributed by atoms with E-state index in [-0.39, 0.29) is 17.3 Å². The number of nitro benzene ring substituents is 1. The van der Waals surface area contributed by atoms with E-state index in [0.717, 1.165) is 0 Å². The predicted octanol–water partition coefficient (Wildman–Crippen LogP) is 2.67. The fourth-order valence-corrected chi connectivity index (χ4v) is 1.95. The molecular weight excluding hydrogens is 314 g/mol. The predicted molar refractivity (Wildman–Crippen MR) is 76.9 cm³/mol. The second-order valence-electron chi connectivity index (χ2n) is 4.64. The van der Waals surface area contributed by atoms with Crippen LogP contribution in [0.15, 0.2) is 22.7 Å². The fraction of sp³-hybridized carbons (Fsp3) is 0.417. The monoisotopic (exact) mass is 329 g/mol. The fourth-order valence-electron chi connectivity index (χ4n) is 1.60. The highest BCUT2D eigenvalue weighted by Gasteiger charge is 2.20. The van der Waals surface area contributed by atoms with Crippen LogP contribution in [0.2, 0.25) is 0 Å². The van der Waals surface area contributed by atoms with Crippen LogP contribution in [-0.2, 0) is 4.79 Å². The summed E-state index contributed by atoms with van der Waals surface area (Å²) < 4.78 is 0.573. The van der Waals surface area contributed by atoms with E-state index < -0.39 is 16.9 Å². The Bertz CT molecular complexity index is 491. The Morgan fingerprint density at radius 1 is 1.53 bits per heavy atom. The smallest absolute Gasteiger partial charge is 0.293 e. The Balaban J connectivity index is 2.87. The van der Waals surface area contributed by atoms with Gasteiger partial charge in [0.15, 0.2) is 0 Å². The molecule has 0 aliphatic carbocycles. The number of hydrogen-bond acceptors (Lipinski definition) is 4. The number of rotatable bonds is 5. The molecule has 0 aliphatic heterocycles. The molecule has 1 amide bonds. The summed E-state index contributed by atoms with van der Waals surface area (Å²) in [5.41, 5.74) is 5.71. The van der Waals surface area contributed by atoms with E-state index in [0.29, 0.717) is 10.9 Å². The first kappa shape index (κ1) is 15.6. The lowest BCUT2D eigenvalue weighted by Crippen LogP contribution is -2.36. The van der Waals surface area contributed by atoms with Crippen molar-refractivity contribution >= 4 is 33.2 Å². The quantitative estimate of drug-likeness (QED) is 0.640. The van der Waals surface area contributed by atoms with Crippen LogP contribution < -0.4 is 11.1 Å². The molecule has 0 saturated heterocycles. The summed E-state index contributed by atoms with van der Waals surface area (Å²) in [6.07, 6.45) is 0.524. The lowest BCUT2D eigenvalue weighted by Gasteiger charge is -2.14. The number of nitro groups is 1. The van der Waals surface area contributed by atoms with Crippen LogP contribution in [0.5, 0.6) is 0 Å². The molecule has 0 fully saturated rings. The summed E-state index contributed by atoms with van der Waals surface area (Å²) in [6.45, 7) is 3.91. The van der Waals surface area contributed by atoms with Crippen LogP contribution in [0, 0.1) is 16.0 Å². The molecule has 1 aromatic carbocycles. The van der Waals surface area contributed by atoms with Crippen molar-refractivity contribution in [3.63, 3.8) is 0 Å². The van der Waals surface area contributed by atoms with Crippen molar-refractivity contribution in [1.29, 1.82) is 0 Å². The molecule has 0 unspecified atom stereocenters. The van der Waals surface area contributed by atoms with Gasteiger partial charge in [0.1, 0.15) is 5.69 Å². The first-order valence-electron chi connectivity index (χ1n) is 5.81. The lowest BCUT2D eigenvalue weighted by atomic mass is 10.0. The Kier molecular flexibility index (Phi) is 5.44. The molecule has 0 bridgehead atoms. The largest absolute Gasteiger partial charge is 0.320 e. The van der Waals surface area contributed by atoms with Gasteiger partial charge in [-0.15, -0.1) is 0 Å². The van der Waals surface area contributed by atoms with Crippen molar-refractivity contribution in [2.45, 2.75) is 26.3 Å². The average Bonchev–Trinajstić information content (AvgIpc) is 2.30. The number of carbonyl (C=O) groups is 1. The molecule has 19 heavy (non-hydrogen) atoms. The van der Waals surface area contributed by atoms with Gasteiger partial charge in [-0.2, -0.15) is 0 Å². The van der Waals surface area contributed by atoms with Crippen molar-refractivity contribution in [3.8, 4) is 0 Å². The molecule has 0 radical (unpaired) electrons. The van der Waals surface area contributed by atoms with Crippen molar-refractivity contribution < 1.29 is 9.72 Å². The average molecular weight is 330 g/mol. The maximum atomic E-state index is 11.8. The van der Waals surface area contributed by atoms with Gasteiger partial charge in [0.05, 0.1) is 11.0 Å². The maximum Gasteiger partial charge on any atom is 0.293 e. The maximum absolute atomic E-state index is 11.8. The van der Waals surface area contributed by atoms with E-state index in [4.69, 9.17) is 5.73 Å². The van der Waals surface area contributed by atoms with Gasteiger partial charge >= 0.3 is 0 Å². The lowest BCUT2D eigenvalue weighted by molar-refractivity contribution is -0.384. The summed E-state index contributed by atoms with van der Waals surface area (Å²) in [7, 11) is 0. The normalized spacial score (nSPS) is 12.3. The summed E-state index contributed by atoms with van der Waals surface area (Å²) in [6, 6.07) is 3.76. The van der Waals surface area contributed by atoms with Crippen molar-refractivity contribution in [2.75, 3.05) is 5.32 Å². The minimum Gasteiger partial charge on any atom is -0.320 e. The summed E-state index contributed by atoms with van der Waals surface area (Å²) in [5.74, 6) is -0.139. The first-order chi connectivity index (χ1) is 8.81. The first-order valence-corrected chi connectivity index (χ1v) is 6.61. The molecule has 0 spiro atoms. The molecule has 104 valence electrons. The van der Waals surface area contributed by atoms with Crippen LogP contribution in [0.25, 0.3) is 0 Å². The Morgan fingerprint density at radius 3 is 2.68 bits per heavy atom. The molecule has 1 rings (SSSR count). The highest BCUT2D eigenvalue weighted by atomic mass is 79.9. The number of nitrogens with zero attached hydrogens (tertiary/aromatic N) is 1. The summed E-state index contributed by atoms with van der Waals surface area (Å²) >= 11 is 3.15. The van der Waals surface area contributed by atoms with E-state index >= 15 is 0 Å². The van der Waals surface area contributed by atoms with Gasteiger partial charge in [-0.3, -0.25) is 14.9 Å². The van der Waals surface area contributed by atoms with Crippen molar-refractivity contribution in [3.05, 3.63) is 32.8 Å². The second kappa shape index (κ2) is 6.63. The van der Waals surface area contributed by atoms with Crippen LogP contribution >= 0.6 is 15.9 Å². The van der Waals surface area contributed by atoms with E-state index in [1.165, 1.54) is 12.1 Å². The van der Waals surface area contributed by atoms with Crippen LogP contribution in [0.1, 0.15) is 20.3 Å². The van der Waals surface area contributed by atoms with Gasteiger partial charge in [0.25, 0.3) is 5.69 Å². The topological polar surface area (TPSA) is 98.3 Å². The highest BCUT2D eigenvalue weighted by Crippen LogP contribution is 2.28. The Labute approximate surface area is 119 Å². The third kappa shape index (κ3) is 4.60. The highest BCUT2D eigenvalue weighted by molar-refractivity contribution is 9.10. The number of carbonyl (C=O) groups excluding carboxylic acids is 1.